The molecule has 372 valence electrons. The van der Waals surface area contributed by atoms with E-state index in [9.17, 15) is 28.8 Å². The third-order valence-corrected chi connectivity index (χ3v) is 9.53. The molecular weight excluding hydrogens is 865 g/mol. The number of esters is 6. The van der Waals surface area contributed by atoms with Gasteiger partial charge in [0.25, 0.3) is 0 Å². The summed E-state index contributed by atoms with van der Waals surface area (Å²) in [6.45, 7) is 31.9. The highest BCUT2D eigenvalue weighted by atomic mass is 16.5. The molecule has 0 aliphatic carbocycles. The Bertz CT molecular complexity index is 1710. The van der Waals surface area contributed by atoms with Crippen molar-refractivity contribution in [3.8, 4) is 0 Å². The standard InChI is InChI=1S/C49H74N6O12/c1-11-41(56)62-31-19-13-25-53(27-15-21-33-64-43(58)37(3)4)47-50-48(54(26-14-20-32-63-42(57)12-2)28-16-22-34-65-44(59)38(5)6)52-49(51-47)55(29-17-23-35-66-45(60)39(7)8)30-18-24-36-67-46(61)40(9)10/h11-12H,1-3,5,7,9,13-36H2,4,6,8,10H3. The van der Waals surface area contributed by atoms with E-state index in [1.54, 1.807) is 27.7 Å². The molecule has 0 aliphatic rings. The summed E-state index contributed by atoms with van der Waals surface area (Å²) < 4.78 is 31.9. The minimum absolute atomic E-state index is 0.192. The topological polar surface area (TPSA) is 206 Å². The number of aromatic nitrogens is 3. The van der Waals surface area contributed by atoms with Gasteiger partial charge in [0.15, 0.2) is 0 Å². The molecule has 18 nitrogen and oxygen atoms in total. The molecule has 0 spiro atoms. The van der Waals surface area contributed by atoms with Crippen LogP contribution in [-0.4, -0.2) is 130 Å². The minimum Gasteiger partial charge on any atom is -0.463 e. The third-order valence-electron chi connectivity index (χ3n) is 9.53. The highest BCUT2D eigenvalue weighted by molar-refractivity contribution is 5.88. The van der Waals surface area contributed by atoms with E-state index in [-0.39, 0.29) is 39.6 Å². The summed E-state index contributed by atoms with van der Waals surface area (Å²) in [5.41, 5.74) is 1.24. The molecule has 0 unspecified atom stereocenters. The molecular formula is C49H74N6O12. The first kappa shape index (κ1) is 58.7. The first-order chi connectivity index (χ1) is 32.0. The minimum atomic E-state index is -0.510. The number of anilines is 3. The van der Waals surface area contributed by atoms with Gasteiger partial charge in [0.2, 0.25) is 17.8 Å². The normalized spacial score (nSPS) is 10.4. The van der Waals surface area contributed by atoms with Gasteiger partial charge in [-0.1, -0.05) is 39.5 Å². The first-order valence-corrected chi connectivity index (χ1v) is 22.9. The Morgan fingerprint density at radius 3 is 0.746 bits per heavy atom. The highest BCUT2D eigenvalue weighted by Crippen LogP contribution is 2.23. The predicted octanol–water partition coefficient (Wildman–Crippen LogP) is 6.91. The van der Waals surface area contributed by atoms with Crippen molar-refractivity contribution in [3.63, 3.8) is 0 Å². The van der Waals surface area contributed by atoms with Crippen molar-refractivity contribution in [2.24, 2.45) is 0 Å². The number of hydrogen-bond donors (Lipinski definition) is 0. The van der Waals surface area contributed by atoms with Crippen LogP contribution >= 0.6 is 0 Å². The van der Waals surface area contributed by atoms with Crippen molar-refractivity contribution in [2.45, 2.75) is 105 Å². The molecule has 0 radical (unpaired) electrons. The molecule has 0 N–H and O–H groups in total. The quantitative estimate of drug-likeness (QED) is 0.0285. The van der Waals surface area contributed by atoms with Crippen LogP contribution in [-0.2, 0) is 57.2 Å². The van der Waals surface area contributed by atoms with E-state index in [2.05, 4.69) is 39.5 Å². The summed E-state index contributed by atoms with van der Waals surface area (Å²) in [7, 11) is 0. The lowest BCUT2D eigenvalue weighted by atomic mass is 10.2. The Morgan fingerprint density at radius 2 is 0.567 bits per heavy atom. The van der Waals surface area contributed by atoms with Crippen molar-refractivity contribution < 1.29 is 57.2 Å². The number of rotatable bonds is 39. The van der Waals surface area contributed by atoms with Crippen molar-refractivity contribution in [1.29, 1.82) is 0 Å². The molecule has 0 aromatic carbocycles. The number of unbranched alkanes of at least 4 members (excludes halogenated alkanes) is 6. The molecule has 0 aliphatic heterocycles. The molecule has 0 saturated carbocycles. The zero-order valence-electron chi connectivity index (χ0n) is 40.5. The van der Waals surface area contributed by atoms with Gasteiger partial charge in [-0.05, 0) is 105 Å². The van der Waals surface area contributed by atoms with E-state index in [0.717, 1.165) is 12.2 Å². The Hall–Kier alpha value is -6.33. The van der Waals surface area contributed by atoms with Crippen LogP contribution in [0.3, 0.4) is 0 Å². The van der Waals surface area contributed by atoms with Gasteiger partial charge in [-0.25, -0.2) is 28.8 Å². The molecule has 1 aromatic rings. The van der Waals surface area contributed by atoms with Gasteiger partial charge in [0.1, 0.15) is 0 Å². The van der Waals surface area contributed by atoms with E-state index in [0.29, 0.717) is 156 Å². The third kappa shape index (κ3) is 27.0. The van der Waals surface area contributed by atoms with Crippen LogP contribution in [0.4, 0.5) is 17.8 Å². The van der Waals surface area contributed by atoms with Gasteiger partial charge in [-0.2, -0.15) is 15.0 Å². The van der Waals surface area contributed by atoms with Crippen molar-refractivity contribution in [2.75, 3.05) is 93.6 Å². The molecule has 0 bridgehead atoms. The average molecular weight is 939 g/mol. The Kier molecular flexibility index (Phi) is 30.6. The first-order valence-electron chi connectivity index (χ1n) is 22.9. The predicted molar refractivity (Wildman–Crippen MR) is 257 cm³/mol. The molecule has 1 heterocycles. The van der Waals surface area contributed by atoms with Crippen LogP contribution < -0.4 is 14.7 Å². The lowest BCUT2D eigenvalue weighted by molar-refractivity contribution is -0.139. The molecule has 1 rings (SSSR count). The maximum atomic E-state index is 12.1. The Labute approximate surface area is 397 Å². The van der Waals surface area contributed by atoms with E-state index in [1.807, 2.05) is 14.7 Å². The van der Waals surface area contributed by atoms with Crippen molar-refractivity contribution in [1.82, 2.24) is 15.0 Å². The second-order valence-electron chi connectivity index (χ2n) is 15.8. The van der Waals surface area contributed by atoms with Crippen molar-refractivity contribution >= 4 is 53.7 Å². The van der Waals surface area contributed by atoms with Gasteiger partial charge in [-0.3, -0.25) is 0 Å². The summed E-state index contributed by atoms with van der Waals surface area (Å²) >= 11 is 0. The summed E-state index contributed by atoms with van der Waals surface area (Å²) in [6.07, 6.45) is 9.17. The van der Waals surface area contributed by atoms with E-state index in [1.165, 1.54) is 0 Å². The molecule has 67 heavy (non-hydrogen) atoms. The fourth-order valence-corrected chi connectivity index (χ4v) is 5.75. The van der Waals surface area contributed by atoms with E-state index in [4.69, 9.17) is 43.4 Å². The van der Waals surface area contributed by atoms with Crippen LogP contribution in [0.15, 0.2) is 73.9 Å². The van der Waals surface area contributed by atoms with Crippen molar-refractivity contribution in [3.05, 3.63) is 73.9 Å². The number of ether oxygens (including phenoxy) is 6. The van der Waals surface area contributed by atoms with Gasteiger partial charge < -0.3 is 43.1 Å². The number of nitrogens with zero attached hydrogens (tertiary/aromatic N) is 6. The second kappa shape index (κ2) is 34.9. The Morgan fingerprint density at radius 1 is 0.373 bits per heavy atom. The Balaban J connectivity index is 3.77. The summed E-state index contributed by atoms with van der Waals surface area (Å²) in [6, 6.07) is 0. The molecule has 0 amide bonds. The number of carbonyl (C=O) groups excluding carboxylic acids is 6. The molecule has 0 fully saturated rings. The van der Waals surface area contributed by atoms with Crippen LogP contribution in [0.5, 0.6) is 0 Å². The van der Waals surface area contributed by atoms with Crippen LogP contribution in [0.1, 0.15) is 105 Å². The number of carbonyl (C=O) groups is 6. The maximum absolute atomic E-state index is 12.1. The summed E-state index contributed by atoms with van der Waals surface area (Å²) in [4.78, 5) is 93.2. The SMILES string of the molecule is C=CC(=O)OCCCCN(CCCCOC(=O)C(=C)C)c1nc(N(CCCCOC(=O)C=C)CCCCOC(=O)C(=C)C)nc(N(CCCCOC(=O)C(=C)C)CCCCOC(=O)C(=C)C)n1. The smallest absolute Gasteiger partial charge is 0.333 e. The van der Waals surface area contributed by atoms with E-state index >= 15 is 0 Å². The molecule has 1 aromatic heterocycles. The average Bonchev–Trinajstić information content (AvgIpc) is 3.30. The van der Waals surface area contributed by atoms with E-state index < -0.39 is 35.8 Å². The van der Waals surface area contributed by atoms with Crippen LogP contribution in [0.25, 0.3) is 0 Å². The van der Waals surface area contributed by atoms with Gasteiger partial charge >= 0.3 is 35.8 Å². The summed E-state index contributed by atoms with van der Waals surface area (Å²) in [5, 5.41) is 0. The summed E-state index contributed by atoms with van der Waals surface area (Å²) in [5.74, 6) is -1.72. The van der Waals surface area contributed by atoms with Gasteiger partial charge in [-0.15, -0.1) is 0 Å². The molecule has 18 heteroatoms. The van der Waals surface area contributed by atoms with Gasteiger partial charge in [0, 0.05) is 73.7 Å². The largest absolute Gasteiger partial charge is 0.463 e. The lowest BCUT2D eigenvalue weighted by Gasteiger charge is -2.29. The highest BCUT2D eigenvalue weighted by Gasteiger charge is 2.22. The zero-order chi connectivity index (χ0) is 50.0. The molecule has 0 saturated heterocycles. The van der Waals surface area contributed by atoms with Gasteiger partial charge in [0.05, 0.1) is 39.6 Å². The maximum Gasteiger partial charge on any atom is 0.333 e. The molecule has 0 atom stereocenters. The zero-order valence-corrected chi connectivity index (χ0v) is 40.5. The number of hydrogen-bond acceptors (Lipinski definition) is 18. The van der Waals surface area contributed by atoms with Crippen LogP contribution in [0.2, 0.25) is 0 Å². The monoisotopic (exact) mass is 939 g/mol. The fourth-order valence-electron chi connectivity index (χ4n) is 5.75. The van der Waals surface area contributed by atoms with Crippen LogP contribution in [0, 0.1) is 0 Å². The second-order valence-corrected chi connectivity index (χ2v) is 15.8. The fraction of sp³-hybridized carbons (Fsp3) is 0.571. The lowest BCUT2D eigenvalue weighted by Crippen LogP contribution is -2.34.